The fraction of sp³-hybridized carbons (Fsp3) is 0.333. The van der Waals surface area contributed by atoms with Crippen molar-refractivity contribution in [1.82, 2.24) is 10.3 Å². The summed E-state index contributed by atoms with van der Waals surface area (Å²) in [5, 5.41) is 13.4. The molecule has 1 heterocycles. The lowest BCUT2D eigenvalue weighted by molar-refractivity contribution is 0.0872. The molecule has 1 amide bonds. The Morgan fingerprint density at radius 1 is 1.48 bits per heavy atom. The second-order valence-electron chi connectivity index (χ2n) is 5.44. The first-order valence-electron chi connectivity index (χ1n) is 6.49. The number of carbonyl (C=O) groups excluding carboxylic acids is 1. The van der Waals surface area contributed by atoms with Gasteiger partial charge in [0.05, 0.1) is 17.8 Å². The van der Waals surface area contributed by atoms with Crippen molar-refractivity contribution in [3.8, 4) is 10.6 Å². The molecule has 2 N–H and O–H groups in total. The maximum atomic E-state index is 12.3. The SMILES string of the molecule is Cc1nc(-c2cccc(Cl)c2)sc1C(=O)NC(C)(C)CO. The van der Waals surface area contributed by atoms with Crippen LogP contribution >= 0.6 is 22.9 Å². The van der Waals surface area contributed by atoms with Crippen LogP contribution < -0.4 is 5.32 Å². The largest absolute Gasteiger partial charge is 0.394 e. The number of aliphatic hydroxyl groups excluding tert-OH is 1. The van der Waals surface area contributed by atoms with Gasteiger partial charge in [0.15, 0.2) is 0 Å². The van der Waals surface area contributed by atoms with Crippen LogP contribution in [0.4, 0.5) is 0 Å². The third kappa shape index (κ3) is 3.81. The van der Waals surface area contributed by atoms with Gasteiger partial charge in [-0.25, -0.2) is 4.98 Å². The van der Waals surface area contributed by atoms with Gasteiger partial charge in [-0.3, -0.25) is 4.79 Å². The third-order valence-corrected chi connectivity index (χ3v) is 4.36. The number of hydrogen-bond donors (Lipinski definition) is 2. The lowest BCUT2D eigenvalue weighted by atomic mass is 10.1. The highest BCUT2D eigenvalue weighted by atomic mass is 35.5. The number of rotatable bonds is 4. The normalized spacial score (nSPS) is 11.5. The van der Waals surface area contributed by atoms with E-state index in [1.807, 2.05) is 18.2 Å². The molecule has 1 aromatic carbocycles. The standard InChI is InChI=1S/C15H17ClN2O2S/c1-9-12(13(20)18-15(2,3)8-19)21-14(17-9)10-5-4-6-11(16)7-10/h4-7,19H,8H2,1-3H3,(H,18,20). The number of carbonyl (C=O) groups is 1. The van der Waals surface area contributed by atoms with E-state index in [9.17, 15) is 9.90 Å². The molecule has 1 aromatic heterocycles. The van der Waals surface area contributed by atoms with Crippen molar-refractivity contribution < 1.29 is 9.90 Å². The van der Waals surface area contributed by atoms with Gasteiger partial charge >= 0.3 is 0 Å². The van der Waals surface area contributed by atoms with E-state index < -0.39 is 5.54 Å². The quantitative estimate of drug-likeness (QED) is 0.907. The zero-order valence-electron chi connectivity index (χ0n) is 12.1. The van der Waals surface area contributed by atoms with E-state index in [0.717, 1.165) is 10.6 Å². The van der Waals surface area contributed by atoms with Gasteiger partial charge in [0, 0.05) is 10.6 Å². The number of nitrogens with zero attached hydrogens (tertiary/aromatic N) is 1. The molecule has 2 rings (SSSR count). The summed E-state index contributed by atoms with van der Waals surface area (Å²) in [4.78, 5) is 17.3. The maximum Gasteiger partial charge on any atom is 0.263 e. The van der Waals surface area contributed by atoms with Crippen LogP contribution in [0.5, 0.6) is 0 Å². The van der Waals surface area contributed by atoms with E-state index in [2.05, 4.69) is 10.3 Å². The monoisotopic (exact) mass is 324 g/mol. The summed E-state index contributed by atoms with van der Waals surface area (Å²) in [5.74, 6) is -0.225. The van der Waals surface area contributed by atoms with Gasteiger partial charge < -0.3 is 10.4 Å². The van der Waals surface area contributed by atoms with Crippen molar-refractivity contribution in [3.63, 3.8) is 0 Å². The van der Waals surface area contributed by atoms with Crippen LogP contribution in [0.3, 0.4) is 0 Å². The van der Waals surface area contributed by atoms with Crippen molar-refractivity contribution in [1.29, 1.82) is 0 Å². The van der Waals surface area contributed by atoms with Crippen molar-refractivity contribution in [2.45, 2.75) is 26.3 Å². The van der Waals surface area contributed by atoms with Crippen LogP contribution in [0.2, 0.25) is 5.02 Å². The predicted molar refractivity (Wildman–Crippen MR) is 85.9 cm³/mol. The first-order valence-corrected chi connectivity index (χ1v) is 7.68. The van der Waals surface area contributed by atoms with E-state index in [1.54, 1.807) is 26.8 Å². The van der Waals surface area contributed by atoms with Crippen LogP contribution in [0.1, 0.15) is 29.2 Å². The maximum absolute atomic E-state index is 12.3. The molecule has 0 fully saturated rings. The zero-order valence-corrected chi connectivity index (χ0v) is 13.7. The lowest BCUT2D eigenvalue weighted by Crippen LogP contribution is -2.46. The van der Waals surface area contributed by atoms with Crippen molar-refractivity contribution >= 4 is 28.8 Å². The highest BCUT2D eigenvalue weighted by Crippen LogP contribution is 2.29. The molecule has 0 saturated heterocycles. The molecule has 0 spiro atoms. The summed E-state index contributed by atoms with van der Waals surface area (Å²) in [5.41, 5.74) is 0.890. The van der Waals surface area contributed by atoms with Gasteiger partial charge in [-0.1, -0.05) is 23.7 Å². The summed E-state index contributed by atoms with van der Waals surface area (Å²) < 4.78 is 0. The van der Waals surface area contributed by atoms with Gasteiger partial charge in [-0.05, 0) is 32.9 Å². The molecule has 0 atom stereocenters. The first-order chi connectivity index (χ1) is 9.82. The number of halogens is 1. The summed E-state index contributed by atoms with van der Waals surface area (Å²) >= 11 is 7.30. The van der Waals surface area contributed by atoms with Gasteiger partial charge in [0.1, 0.15) is 9.88 Å². The number of benzene rings is 1. The predicted octanol–water partition coefficient (Wildman–Crippen LogP) is 3.27. The Kier molecular flexibility index (Phi) is 4.66. The second-order valence-corrected chi connectivity index (χ2v) is 6.88. The zero-order chi connectivity index (χ0) is 15.6. The summed E-state index contributed by atoms with van der Waals surface area (Å²) in [7, 11) is 0. The number of amides is 1. The van der Waals surface area contributed by atoms with Crippen LogP contribution in [0, 0.1) is 6.92 Å². The van der Waals surface area contributed by atoms with E-state index in [-0.39, 0.29) is 12.5 Å². The molecule has 0 aliphatic rings. The highest BCUT2D eigenvalue weighted by molar-refractivity contribution is 7.17. The number of aryl methyl sites for hydroxylation is 1. The summed E-state index contributed by atoms with van der Waals surface area (Å²) in [6, 6.07) is 7.37. The molecular weight excluding hydrogens is 308 g/mol. The van der Waals surface area contributed by atoms with Gasteiger partial charge in [0.25, 0.3) is 5.91 Å². The smallest absolute Gasteiger partial charge is 0.263 e. The first kappa shape index (κ1) is 15.9. The highest BCUT2D eigenvalue weighted by Gasteiger charge is 2.23. The molecule has 2 aromatic rings. The average molecular weight is 325 g/mol. The molecule has 0 aliphatic heterocycles. The Hall–Kier alpha value is -1.43. The van der Waals surface area contributed by atoms with E-state index in [4.69, 9.17) is 11.6 Å². The molecule has 112 valence electrons. The number of aromatic nitrogens is 1. The minimum atomic E-state index is -0.663. The molecular formula is C15H17ClN2O2S. The van der Waals surface area contributed by atoms with Crippen LogP contribution in [0.15, 0.2) is 24.3 Å². The third-order valence-electron chi connectivity index (χ3n) is 2.92. The molecule has 0 unspecified atom stereocenters. The van der Waals surface area contributed by atoms with Crippen molar-refractivity contribution in [3.05, 3.63) is 39.9 Å². The number of aliphatic hydroxyl groups is 1. The van der Waals surface area contributed by atoms with Crippen molar-refractivity contribution in [2.24, 2.45) is 0 Å². The average Bonchev–Trinajstić information content (AvgIpc) is 2.80. The lowest BCUT2D eigenvalue weighted by Gasteiger charge is -2.22. The van der Waals surface area contributed by atoms with Gasteiger partial charge in [-0.15, -0.1) is 11.3 Å². The topological polar surface area (TPSA) is 62.2 Å². The van der Waals surface area contributed by atoms with E-state index >= 15 is 0 Å². The molecule has 6 heteroatoms. The fourth-order valence-electron chi connectivity index (χ4n) is 1.76. The minimum absolute atomic E-state index is 0.127. The van der Waals surface area contributed by atoms with Crippen LogP contribution in [-0.4, -0.2) is 28.1 Å². The number of thiazole rings is 1. The summed E-state index contributed by atoms with van der Waals surface area (Å²) in [6.45, 7) is 5.20. The molecule has 0 bridgehead atoms. The van der Waals surface area contributed by atoms with Crippen LogP contribution in [-0.2, 0) is 0 Å². The fourth-order valence-corrected chi connectivity index (χ4v) is 2.90. The van der Waals surface area contributed by atoms with E-state index in [1.165, 1.54) is 11.3 Å². The molecule has 21 heavy (non-hydrogen) atoms. The molecule has 0 aliphatic carbocycles. The molecule has 4 nitrogen and oxygen atoms in total. The Morgan fingerprint density at radius 2 is 2.19 bits per heavy atom. The Balaban J connectivity index is 2.29. The Bertz CT molecular complexity index is 667. The number of hydrogen-bond acceptors (Lipinski definition) is 4. The summed E-state index contributed by atoms with van der Waals surface area (Å²) in [6.07, 6.45) is 0. The second kappa shape index (κ2) is 6.13. The van der Waals surface area contributed by atoms with E-state index in [0.29, 0.717) is 15.6 Å². The van der Waals surface area contributed by atoms with Gasteiger partial charge in [0.2, 0.25) is 0 Å². The Morgan fingerprint density at radius 3 is 2.81 bits per heavy atom. The van der Waals surface area contributed by atoms with Crippen LogP contribution in [0.25, 0.3) is 10.6 Å². The molecule has 0 radical (unpaired) electrons. The number of nitrogens with one attached hydrogen (secondary N) is 1. The van der Waals surface area contributed by atoms with Gasteiger partial charge in [-0.2, -0.15) is 0 Å². The minimum Gasteiger partial charge on any atom is -0.394 e. The van der Waals surface area contributed by atoms with Crippen molar-refractivity contribution in [2.75, 3.05) is 6.61 Å². The Labute approximate surface area is 132 Å². The molecule has 0 saturated carbocycles.